The zero-order valence-electron chi connectivity index (χ0n) is 30.4. The fourth-order valence-corrected chi connectivity index (χ4v) is 11.6. The van der Waals surface area contributed by atoms with E-state index in [1.807, 2.05) is 30.3 Å². The van der Waals surface area contributed by atoms with Crippen LogP contribution >= 0.6 is 0 Å². The maximum atomic E-state index is 12.3. The van der Waals surface area contributed by atoms with Crippen molar-refractivity contribution in [3.63, 3.8) is 0 Å². The Morgan fingerprint density at radius 1 is 0.708 bits per heavy atom. The molecular formula is C45H62O3. The first-order valence-electron chi connectivity index (χ1n) is 19.6. The number of unbranched alkanes of at least 4 members (excludes halogenated alkanes) is 2. The number of phenolic OH excluding ortho intramolecular Hbond substituents is 2. The van der Waals surface area contributed by atoms with Crippen molar-refractivity contribution < 1.29 is 15.0 Å². The molecule has 0 bridgehead atoms. The minimum absolute atomic E-state index is 0.0322. The van der Waals surface area contributed by atoms with Crippen molar-refractivity contribution in [2.75, 3.05) is 0 Å². The number of rotatable bonds is 4. The van der Waals surface area contributed by atoms with Gasteiger partial charge in [0.2, 0.25) is 0 Å². The maximum Gasteiger partial charge on any atom is 0.139 e. The number of hydrogen-bond donors (Lipinski definition) is 2. The summed E-state index contributed by atoms with van der Waals surface area (Å²) in [6.07, 6.45) is 23.7. The zero-order chi connectivity index (χ0) is 34.1. The number of phenols is 2. The summed E-state index contributed by atoms with van der Waals surface area (Å²) >= 11 is 0. The standard InChI is InChI=1S/C22H30O.C18H22O2.C5H10/c1-3-4-5-16-7-11-21-20-9-6-15-14-17(23)8-10-18(15)19(20)12-13-22(16,21)2;1-18-9-8-14-13-5-3-12(19)10-11(13)2-4-15(14)16(18)6-7-17(18)20;1-3-5-4-2/h5,8,10,14,19-21,23H,3-4,6-7,9,11-13H2,1-2H3;3,5,10,14-16,19H,2,4,6-9H2,1H3;3H,1,4-5H2,2H3/b16-5-;;/t19?,20?,21?,22-;14?,15?,16?,18-;/m10./s1. The molecule has 8 atom stereocenters. The first kappa shape index (κ1) is 35.0. The second-order valence-electron chi connectivity index (χ2n) is 16.6. The van der Waals surface area contributed by atoms with Crippen LogP contribution in [0.3, 0.4) is 0 Å². The number of carbonyl (C=O) groups excluding carboxylic acids is 1. The van der Waals surface area contributed by atoms with Gasteiger partial charge in [-0.25, -0.2) is 0 Å². The number of allylic oxidation sites excluding steroid dienone is 3. The van der Waals surface area contributed by atoms with E-state index in [0.29, 0.717) is 40.5 Å². The molecule has 2 aromatic rings. The Labute approximate surface area is 291 Å². The third kappa shape index (κ3) is 6.45. The van der Waals surface area contributed by atoms with Gasteiger partial charge in [-0.2, -0.15) is 0 Å². The van der Waals surface area contributed by atoms with Crippen molar-refractivity contribution in [1.82, 2.24) is 0 Å². The van der Waals surface area contributed by atoms with Crippen LogP contribution < -0.4 is 0 Å². The molecule has 48 heavy (non-hydrogen) atoms. The van der Waals surface area contributed by atoms with Gasteiger partial charge in [-0.1, -0.05) is 70.4 Å². The van der Waals surface area contributed by atoms with Crippen molar-refractivity contribution in [2.24, 2.45) is 34.5 Å². The third-order valence-electron chi connectivity index (χ3n) is 14.1. The average molecular weight is 651 g/mol. The van der Waals surface area contributed by atoms with E-state index in [1.165, 1.54) is 74.5 Å². The monoisotopic (exact) mass is 650 g/mol. The van der Waals surface area contributed by atoms with Gasteiger partial charge in [-0.05, 0) is 171 Å². The minimum Gasteiger partial charge on any atom is -0.508 e. The van der Waals surface area contributed by atoms with Gasteiger partial charge < -0.3 is 10.2 Å². The number of aromatic hydroxyl groups is 2. The molecule has 0 amide bonds. The summed E-state index contributed by atoms with van der Waals surface area (Å²) < 4.78 is 0. The predicted molar refractivity (Wildman–Crippen MR) is 199 cm³/mol. The second-order valence-corrected chi connectivity index (χ2v) is 16.6. The minimum atomic E-state index is -0.0322. The van der Waals surface area contributed by atoms with E-state index in [0.717, 1.165) is 62.7 Å². The molecule has 3 nitrogen and oxygen atoms in total. The summed E-state index contributed by atoms with van der Waals surface area (Å²) in [4.78, 5) is 12.3. The molecule has 0 heterocycles. The fraction of sp³-hybridized carbons (Fsp3) is 0.622. The molecule has 6 unspecified atom stereocenters. The van der Waals surface area contributed by atoms with Gasteiger partial charge >= 0.3 is 0 Å². The van der Waals surface area contributed by atoms with Crippen LogP contribution in [0.2, 0.25) is 0 Å². The Balaban J connectivity index is 0.000000148. The molecule has 0 aromatic heterocycles. The van der Waals surface area contributed by atoms with Gasteiger partial charge in [-0.15, -0.1) is 6.58 Å². The lowest BCUT2D eigenvalue weighted by Gasteiger charge is -2.49. The molecular weight excluding hydrogens is 588 g/mol. The Morgan fingerprint density at radius 3 is 1.75 bits per heavy atom. The molecule has 8 rings (SSSR count). The van der Waals surface area contributed by atoms with Crippen molar-refractivity contribution in [3.8, 4) is 11.5 Å². The summed E-state index contributed by atoms with van der Waals surface area (Å²) in [5.74, 6) is 5.70. The highest BCUT2D eigenvalue weighted by Gasteiger charge is 2.55. The van der Waals surface area contributed by atoms with Gasteiger partial charge in [0.1, 0.15) is 17.3 Å². The summed E-state index contributed by atoms with van der Waals surface area (Å²) in [7, 11) is 0. The van der Waals surface area contributed by atoms with Crippen LogP contribution in [0.25, 0.3) is 0 Å². The van der Waals surface area contributed by atoms with Crippen LogP contribution in [-0.4, -0.2) is 16.0 Å². The Hall–Kier alpha value is -2.81. The number of benzene rings is 2. The van der Waals surface area contributed by atoms with E-state index in [9.17, 15) is 15.0 Å². The number of hydrogen-bond acceptors (Lipinski definition) is 3. The molecule has 0 radical (unpaired) electrons. The first-order chi connectivity index (χ1) is 23.1. The van der Waals surface area contributed by atoms with E-state index < -0.39 is 0 Å². The highest BCUT2D eigenvalue weighted by atomic mass is 16.3. The molecule has 2 aromatic carbocycles. The van der Waals surface area contributed by atoms with Gasteiger partial charge in [0.05, 0.1) is 0 Å². The van der Waals surface area contributed by atoms with E-state index in [1.54, 1.807) is 11.1 Å². The summed E-state index contributed by atoms with van der Waals surface area (Å²) in [6, 6.07) is 12.0. The molecule has 3 heteroatoms. The maximum absolute atomic E-state index is 12.3. The Morgan fingerprint density at radius 2 is 1.23 bits per heavy atom. The van der Waals surface area contributed by atoms with Gasteiger partial charge in [0.15, 0.2) is 0 Å². The fourth-order valence-electron chi connectivity index (χ4n) is 11.6. The van der Waals surface area contributed by atoms with Crippen LogP contribution in [0.15, 0.2) is 60.7 Å². The van der Waals surface area contributed by atoms with E-state index >= 15 is 0 Å². The number of fused-ring (bicyclic) bond motifs is 10. The second kappa shape index (κ2) is 14.6. The molecule has 0 saturated heterocycles. The van der Waals surface area contributed by atoms with Gasteiger partial charge in [-0.3, -0.25) is 4.79 Å². The van der Waals surface area contributed by atoms with Crippen LogP contribution in [0.4, 0.5) is 0 Å². The predicted octanol–water partition coefficient (Wildman–Crippen LogP) is 11.8. The van der Waals surface area contributed by atoms with E-state index in [-0.39, 0.29) is 5.41 Å². The van der Waals surface area contributed by atoms with Crippen LogP contribution in [0.1, 0.15) is 152 Å². The molecule has 4 fully saturated rings. The van der Waals surface area contributed by atoms with Gasteiger partial charge in [0, 0.05) is 11.8 Å². The van der Waals surface area contributed by atoms with Crippen LogP contribution in [0, 0.1) is 34.5 Å². The topological polar surface area (TPSA) is 57.5 Å². The van der Waals surface area contributed by atoms with Crippen LogP contribution in [0.5, 0.6) is 11.5 Å². The number of carbonyl (C=O) groups is 1. The smallest absolute Gasteiger partial charge is 0.139 e. The Bertz CT molecular complexity index is 1500. The summed E-state index contributed by atoms with van der Waals surface area (Å²) in [6.45, 7) is 12.8. The van der Waals surface area contributed by atoms with Crippen molar-refractivity contribution in [2.45, 2.75) is 142 Å². The SMILES string of the molecule is C=CCCC.CCC/C=C1/CCC2C3CCc4cc(O)ccc4C3CC[C@]12C.C[C@]12CCC3c4ccc(O)cc4CCC3C1CCC2=O. The normalized spacial score (nSPS) is 34.9. The van der Waals surface area contributed by atoms with Crippen molar-refractivity contribution in [3.05, 3.63) is 83.0 Å². The Kier molecular flexibility index (Phi) is 10.6. The zero-order valence-corrected chi connectivity index (χ0v) is 30.4. The van der Waals surface area contributed by atoms with Gasteiger partial charge in [0.25, 0.3) is 0 Å². The van der Waals surface area contributed by atoms with Crippen LogP contribution in [-0.2, 0) is 17.6 Å². The third-order valence-corrected chi connectivity index (χ3v) is 14.1. The molecule has 260 valence electrons. The number of ketones is 1. The molecule has 6 aliphatic rings. The molecule has 6 aliphatic carbocycles. The van der Waals surface area contributed by atoms with Crippen molar-refractivity contribution >= 4 is 5.78 Å². The van der Waals surface area contributed by atoms with E-state index in [4.69, 9.17) is 0 Å². The number of Topliss-reactive ketones (excluding diaryl/α,β-unsaturated/α-hetero) is 1. The molecule has 2 N–H and O–H groups in total. The largest absolute Gasteiger partial charge is 0.508 e. The quantitative estimate of drug-likeness (QED) is 0.324. The van der Waals surface area contributed by atoms with Crippen molar-refractivity contribution in [1.29, 1.82) is 0 Å². The average Bonchev–Trinajstić information content (AvgIpc) is 3.59. The highest BCUT2D eigenvalue weighted by Crippen LogP contribution is 2.63. The molecule has 4 saturated carbocycles. The lowest BCUT2D eigenvalue weighted by molar-refractivity contribution is -0.129. The highest BCUT2D eigenvalue weighted by molar-refractivity contribution is 5.87. The first-order valence-corrected chi connectivity index (χ1v) is 19.6. The van der Waals surface area contributed by atoms with E-state index in [2.05, 4.69) is 52.5 Å². The summed E-state index contributed by atoms with van der Waals surface area (Å²) in [5.41, 5.74) is 7.96. The number of aryl methyl sites for hydroxylation is 2. The molecule has 0 aliphatic heterocycles. The molecule has 0 spiro atoms. The lowest BCUT2D eigenvalue weighted by Crippen LogP contribution is -2.42. The lowest BCUT2D eigenvalue weighted by atomic mass is 9.55. The summed E-state index contributed by atoms with van der Waals surface area (Å²) in [5, 5.41) is 19.5.